The van der Waals surface area contributed by atoms with Crippen molar-refractivity contribution in [3.63, 3.8) is 0 Å². The average Bonchev–Trinajstić information content (AvgIpc) is 2.43. The highest BCUT2D eigenvalue weighted by molar-refractivity contribution is 5.89. The number of aliphatic hydroxyl groups excluding tert-OH is 1. The summed E-state index contributed by atoms with van der Waals surface area (Å²) in [4.78, 5) is 15.0. The molecule has 19 heavy (non-hydrogen) atoms. The van der Waals surface area contributed by atoms with Crippen LogP contribution in [0.3, 0.4) is 0 Å². The normalized spacial score (nSPS) is 19.3. The minimum atomic E-state index is -0.902. The third-order valence-corrected chi connectivity index (χ3v) is 3.27. The van der Waals surface area contributed by atoms with Crippen LogP contribution in [0.5, 0.6) is 0 Å². The van der Waals surface area contributed by atoms with Crippen LogP contribution in [0.2, 0.25) is 0 Å². The lowest BCUT2D eigenvalue weighted by molar-refractivity contribution is -0.0448. The summed E-state index contributed by atoms with van der Waals surface area (Å²) >= 11 is 0. The number of carbonyl (C=O) groups excluding carboxylic acids is 1. The molecule has 0 atom stereocenters. The van der Waals surface area contributed by atoms with E-state index in [9.17, 15) is 4.79 Å². The molecule has 1 saturated heterocycles. The van der Waals surface area contributed by atoms with Gasteiger partial charge in [0.05, 0.1) is 13.2 Å². The van der Waals surface area contributed by atoms with E-state index in [1.807, 2.05) is 0 Å². The quantitative estimate of drug-likeness (QED) is 0.270. The van der Waals surface area contributed by atoms with Crippen LogP contribution in [-0.4, -0.2) is 78.0 Å². The minimum absolute atomic E-state index is 0.0158. The van der Waals surface area contributed by atoms with Crippen molar-refractivity contribution >= 4 is 11.9 Å². The Labute approximate surface area is 112 Å². The molecule has 0 unspecified atom stereocenters. The Balaban J connectivity index is 2.72. The highest BCUT2D eigenvalue weighted by Gasteiger charge is 2.41. The van der Waals surface area contributed by atoms with Crippen LogP contribution < -0.4 is 5.73 Å². The molecule has 1 aliphatic heterocycles. The van der Waals surface area contributed by atoms with E-state index in [1.165, 1.54) is 4.90 Å². The first-order valence-corrected chi connectivity index (χ1v) is 6.16. The number of rotatable bonds is 4. The molecule has 8 nitrogen and oxygen atoms in total. The predicted octanol–water partition coefficient (Wildman–Crippen LogP) is -0.742. The second-order valence-corrected chi connectivity index (χ2v) is 4.72. The van der Waals surface area contributed by atoms with Gasteiger partial charge >= 0.3 is 6.03 Å². The topological polar surface area (TPSA) is 112 Å². The van der Waals surface area contributed by atoms with Crippen molar-refractivity contribution in [1.29, 1.82) is 0 Å². The number of piperidine rings is 1. The third-order valence-electron chi connectivity index (χ3n) is 3.27. The van der Waals surface area contributed by atoms with Crippen molar-refractivity contribution in [2.75, 3.05) is 40.4 Å². The second-order valence-electron chi connectivity index (χ2n) is 4.72. The average molecular weight is 274 g/mol. The Morgan fingerprint density at radius 3 is 2.47 bits per heavy atom. The Morgan fingerprint density at radius 2 is 2.05 bits per heavy atom. The van der Waals surface area contributed by atoms with Crippen molar-refractivity contribution in [3.05, 3.63) is 0 Å². The van der Waals surface area contributed by atoms with Crippen molar-refractivity contribution < 1.29 is 19.8 Å². The summed E-state index contributed by atoms with van der Waals surface area (Å²) in [6.45, 7) is 0.885. The molecule has 0 aromatic rings. The van der Waals surface area contributed by atoms with Crippen molar-refractivity contribution in [3.8, 4) is 0 Å². The Bertz CT molecular complexity index is 338. The van der Waals surface area contributed by atoms with Gasteiger partial charge in [0.1, 0.15) is 5.60 Å². The molecule has 1 heterocycles. The van der Waals surface area contributed by atoms with Crippen LogP contribution in [0.4, 0.5) is 4.79 Å². The van der Waals surface area contributed by atoms with Gasteiger partial charge < -0.3 is 30.6 Å². The zero-order valence-electron chi connectivity index (χ0n) is 11.4. The lowest BCUT2D eigenvalue weighted by atomic mass is 9.90. The number of aliphatic hydroxyl groups is 1. The van der Waals surface area contributed by atoms with Crippen molar-refractivity contribution in [2.24, 2.45) is 10.9 Å². The maximum Gasteiger partial charge on any atom is 0.319 e. The predicted molar refractivity (Wildman–Crippen MR) is 69.1 cm³/mol. The number of carbonyl (C=O) groups is 1. The lowest BCUT2D eigenvalue weighted by Crippen LogP contribution is -2.56. The zero-order chi connectivity index (χ0) is 14.5. The van der Waals surface area contributed by atoms with Crippen LogP contribution in [0.15, 0.2) is 5.16 Å². The number of urea groups is 1. The SMILES string of the molecule is CN(C)C(=O)N1CCC(OCCO)(C(N)=NO)CC1. The molecule has 0 saturated carbocycles. The number of amidine groups is 1. The van der Waals surface area contributed by atoms with E-state index in [0.29, 0.717) is 25.9 Å². The summed E-state index contributed by atoms with van der Waals surface area (Å²) in [5.41, 5.74) is 4.78. The molecule has 0 bridgehead atoms. The summed E-state index contributed by atoms with van der Waals surface area (Å²) in [6, 6.07) is -0.0738. The summed E-state index contributed by atoms with van der Waals surface area (Å²) in [7, 11) is 3.38. The Morgan fingerprint density at radius 1 is 1.47 bits per heavy atom. The number of amides is 2. The first kappa shape index (κ1) is 15.5. The minimum Gasteiger partial charge on any atom is -0.409 e. The van der Waals surface area contributed by atoms with Crippen LogP contribution >= 0.6 is 0 Å². The third kappa shape index (κ3) is 3.48. The Kier molecular flexibility index (Phi) is 5.37. The van der Waals surface area contributed by atoms with Crippen molar-refractivity contribution in [1.82, 2.24) is 9.80 Å². The molecule has 1 aliphatic rings. The van der Waals surface area contributed by atoms with E-state index in [2.05, 4.69) is 5.16 Å². The van der Waals surface area contributed by atoms with Gasteiger partial charge in [-0.25, -0.2) is 4.79 Å². The highest BCUT2D eigenvalue weighted by Crippen LogP contribution is 2.27. The number of hydrogen-bond acceptors (Lipinski definition) is 5. The van der Waals surface area contributed by atoms with E-state index in [-0.39, 0.29) is 25.1 Å². The molecule has 0 radical (unpaired) electrons. The van der Waals surface area contributed by atoms with Gasteiger partial charge in [-0.05, 0) is 0 Å². The number of hydrogen-bond donors (Lipinski definition) is 3. The van der Waals surface area contributed by atoms with Gasteiger partial charge in [0.2, 0.25) is 0 Å². The molecule has 0 spiro atoms. The van der Waals surface area contributed by atoms with Crippen LogP contribution in [0, 0.1) is 0 Å². The second kappa shape index (κ2) is 6.58. The molecule has 0 aromatic carbocycles. The molecule has 110 valence electrons. The Hall–Kier alpha value is -1.54. The van der Waals surface area contributed by atoms with Gasteiger partial charge in [0, 0.05) is 40.0 Å². The van der Waals surface area contributed by atoms with Gasteiger partial charge in [-0.2, -0.15) is 0 Å². The first-order chi connectivity index (χ1) is 8.96. The molecule has 0 aliphatic carbocycles. The standard InChI is InChI=1S/C11H22N4O4/c1-14(2)10(17)15-5-3-11(4-6-15,9(12)13-18)19-8-7-16/h16,18H,3-8H2,1-2H3,(H2,12,13). The van der Waals surface area contributed by atoms with Gasteiger partial charge in [-0.15, -0.1) is 0 Å². The number of nitrogens with zero attached hydrogens (tertiary/aromatic N) is 3. The molecule has 4 N–H and O–H groups in total. The highest BCUT2D eigenvalue weighted by atomic mass is 16.5. The zero-order valence-corrected chi connectivity index (χ0v) is 11.4. The van der Waals surface area contributed by atoms with Crippen LogP contribution in [0.1, 0.15) is 12.8 Å². The van der Waals surface area contributed by atoms with E-state index >= 15 is 0 Å². The molecule has 0 aromatic heterocycles. The van der Waals surface area contributed by atoms with E-state index < -0.39 is 5.60 Å². The fraction of sp³-hybridized carbons (Fsp3) is 0.818. The smallest absolute Gasteiger partial charge is 0.319 e. The van der Waals surface area contributed by atoms with E-state index in [4.69, 9.17) is 20.8 Å². The number of ether oxygens (including phenoxy) is 1. The number of oxime groups is 1. The monoisotopic (exact) mass is 274 g/mol. The van der Waals surface area contributed by atoms with Crippen LogP contribution in [0.25, 0.3) is 0 Å². The molecule has 1 fully saturated rings. The van der Waals surface area contributed by atoms with Gasteiger partial charge in [0.15, 0.2) is 5.84 Å². The molecule has 8 heteroatoms. The summed E-state index contributed by atoms with van der Waals surface area (Å²) in [5, 5.41) is 20.7. The van der Waals surface area contributed by atoms with E-state index in [0.717, 1.165) is 0 Å². The lowest BCUT2D eigenvalue weighted by Gasteiger charge is -2.41. The fourth-order valence-corrected chi connectivity index (χ4v) is 2.15. The summed E-state index contributed by atoms with van der Waals surface area (Å²) < 4.78 is 5.54. The molecule has 1 rings (SSSR count). The number of nitrogens with two attached hydrogens (primary N) is 1. The van der Waals surface area contributed by atoms with Gasteiger partial charge in [0.25, 0.3) is 0 Å². The number of likely N-dealkylation sites (tertiary alicyclic amines) is 1. The maximum atomic E-state index is 11.8. The fourth-order valence-electron chi connectivity index (χ4n) is 2.15. The van der Waals surface area contributed by atoms with Crippen LogP contribution in [-0.2, 0) is 4.74 Å². The van der Waals surface area contributed by atoms with Gasteiger partial charge in [-0.1, -0.05) is 5.16 Å². The molecule has 2 amide bonds. The summed E-state index contributed by atoms with van der Waals surface area (Å²) in [5.74, 6) is -0.0158. The molecular weight excluding hydrogens is 252 g/mol. The first-order valence-electron chi connectivity index (χ1n) is 6.16. The maximum absolute atomic E-state index is 11.8. The summed E-state index contributed by atoms with van der Waals surface area (Å²) in [6.07, 6.45) is 0.866. The molecular formula is C11H22N4O4. The van der Waals surface area contributed by atoms with Crippen molar-refractivity contribution in [2.45, 2.75) is 18.4 Å². The van der Waals surface area contributed by atoms with E-state index in [1.54, 1.807) is 19.0 Å². The van der Waals surface area contributed by atoms with Gasteiger partial charge in [-0.3, -0.25) is 0 Å². The largest absolute Gasteiger partial charge is 0.409 e.